The minimum absolute atomic E-state index is 0.223. The van der Waals surface area contributed by atoms with Gasteiger partial charge < -0.3 is 5.73 Å². The molecule has 1 amide bonds. The standard InChI is InChI=1S/C14H20N2O/c1-10-8-14(11(10)2,13(15)17)16-9-12-6-4-3-5-7-12/h3-7,10-11,16H,8-9H2,1-2H3,(H2,15,17). The molecule has 3 nitrogen and oxygen atoms in total. The molecule has 1 fully saturated rings. The van der Waals surface area contributed by atoms with Crippen LogP contribution in [0.4, 0.5) is 0 Å². The van der Waals surface area contributed by atoms with Crippen LogP contribution in [0.5, 0.6) is 0 Å². The van der Waals surface area contributed by atoms with Gasteiger partial charge in [0, 0.05) is 6.54 Å². The van der Waals surface area contributed by atoms with Crippen LogP contribution in [0, 0.1) is 11.8 Å². The van der Waals surface area contributed by atoms with Gasteiger partial charge in [-0.1, -0.05) is 44.2 Å². The van der Waals surface area contributed by atoms with Crippen LogP contribution in [0.2, 0.25) is 0 Å². The van der Waals surface area contributed by atoms with Crippen molar-refractivity contribution in [1.29, 1.82) is 0 Å². The molecule has 1 aromatic rings. The molecule has 2 rings (SSSR count). The highest BCUT2D eigenvalue weighted by atomic mass is 16.1. The van der Waals surface area contributed by atoms with Gasteiger partial charge in [-0.3, -0.25) is 10.1 Å². The zero-order chi connectivity index (χ0) is 12.5. The second kappa shape index (κ2) is 4.49. The molecule has 3 heteroatoms. The van der Waals surface area contributed by atoms with Gasteiger partial charge in [-0.25, -0.2) is 0 Å². The molecule has 1 aliphatic rings. The molecule has 3 unspecified atom stereocenters. The lowest BCUT2D eigenvalue weighted by atomic mass is 9.60. The summed E-state index contributed by atoms with van der Waals surface area (Å²) < 4.78 is 0. The molecule has 0 aliphatic heterocycles. The summed E-state index contributed by atoms with van der Waals surface area (Å²) in [6.45, 7) is 4.95. The van der Waals surface area contributed by atoms with Crippen molar-refractivity contribution in [3.8, 4) is 0 Å². The number of carbonyl (C=O) groups is 1. The summed E-state index contributed by atoms with van der Waals surface area (Å²) in [5.41, 5.74) is 6.22. The topological polar surface area (TPSA) is 55.1 Å². The van der Waals surface area contributed by atoms with Gasteiger partial charge in [-0.05, 0) is 23.8 Å². The number of hydrogen-bond acceptors (Lipinski definition) is 2. The number of hydrogen-bond donors (Lipinski definition) is 2. The Labute approximate surface area is 102 Å². The van der Waals surface area contributed by atoms with Crippen molar-refractivity contribution in [3.05, 3.63) is 35.9 Å². The quantitative estimate of drug-likeness (QED) is 0.829. The van der Waals surface area contributed by atoms with E-state index in [1.807, 2.05) is 18.2 Å². The van der Waals surface area contributed by atoms with Crippen molar-refractivity contribution in [1.82, 2.24) is 5.32 Å². The molecule has 1 aliphatic carbocycles. The van der Waals surface area contributed by atoms with E-state index in [0.717, 1.165) is 6.42 Å². The summed E-state index contributed by atoms with van der Waals surface area (Å²) in [4.78, 5) is 11.6. The van der Waals surface area contributed by atoms with Crippen LogP contribution in [-0.4, -0.2) is 11.4 Å². The Morgan fingerprint density at radius 2 is 2.06 bits per heavy atom. The fourth-order valence-corrected chi connectivity index (χ4v) is 2.70. The second-order valence-corrected chi connectivity index (χ2v) is 5.14. The van der Waals surface area contributed by atoms with Crippen molar-refractivity contribution >= 4 is 5.91 Å². The van der Waals surface area contributed by atoms with Gasteiger partial charge in [0.1, 0.15) is 5.54 Å². The van der Waals surface area contributed by atoms with Crippen LogP contribution in [0.3, 0.4) is 0 Å². The molecular formula is C14H20N2O. The van der Waals surface area contributed by atoms with Crippen molar-refractivity contribution < 1.29 is 4.79 Å². The number of benzene rings is 1. The molecule has 0 radical (unpaired) electrons. The maximum atomic E-state index is 11.6. The van der Waals surface area contributed by atoms with Crippen LogP contribution in [0.1, 0.15) is 25.8 Å². The average molecular weight is 232 g/mol. The highest BCUT2D eigenvalue weighted by Gasteiger charge is 2.53. The van der Waals surface area contributed by atoms with E-state index in [1.165, 1.54) is 5.56 Å². The first-order valence-corrected chi connectivity index (χ1v) is 6.15. The maximum Gasteiger partial charge on any atom is 0.238 e. The number of nitrogens with two attached hydrogens (primary N) is 1. The van der Waals surface area contributed by atoms with Gasteiger partial charge in [-0.15, -0.1) is 0 Å². The van der Waals surface area contributed by atoms with E-state index in [2.05, 4.69) is 31.3 Å². The molecule has 0 aromatic heterocycles. The molecule has 0 bridgehead atoms. The van der Waals surface area contributed by atoms with Crippen LogP contribution in [-0.2, 0) is 11.3 Å². The number of primary amides is 1. The molecule has 0 heterocycles. The second-order valence-electron chi connectivity index (χ2n) is 5.14. The first-order valence-electron chi connectivity index (χ1n) is 6.15. The van der Waals surface area contributed by atoms with Crippen molar-refractivity contribution in [3.63, 3.8) is 0 Å². The smallest absolute Gasteiger partial charge is 0.238 e. The molecule has 92 valence electrons. The fraction of sp³-hybridized carbons (Fsp3) is 0.500. The Hall–Kier alpha value is -1.35. The average Bonchev–Trinajstić information content (AvgIpc) is 2.34. The Kier molecular flexibility index (Phi) is 3.20. The first kappa shape index (κ1) is 12.1. The Morgan fingerprint density at radius 3 is 2.53 bits per heavy atom. The van der Waals surface area contributed by atoms with Crippen molar-refractivity contribution in [2.75, 3.05) is 0 Å². The van der Waals surface area contributed by atoms with E-state index < -0.39 is 5.54 Å². The van der Waals surface area contributed by atoms with E-state index in [4.69, 9.17) is 5.73 Å². The summed E-state index contributed by atoms with van der Waals surface area (Å²) in [6.07, 6.45) is 0.844. The lowest BCUT2D eigenvalue weighted by molar-refractivity contribution is -0.135. The van der Waals surface area contributed by atoms with Gasteiger partial charge in [0.15, 0.2) is 0 Å². The van der Waals surface area contributed by atoms with Crippen LogP contribution in [0.25, 0.3) is 0 Å². The number of amides is 1. The van der Waals surface area contributed by atoms with Crippen LogP contribution < -0.4 is 11.1 Å². The lowest BCUT2D eigenvalue weighted by Gasteiger charge is -2.51. The van der Waals surface area contributed by atoms with E-state index in [-0.39, 0.29) is 5.91 Å². The van der Waals surface area contributed by atoms with E-state index >= 15 is 0 Å². The third-order valence-corrected chi connectivity index (χ3v) is 4.17. The lowest BCUT2D eigenvalue weighted by Crippen LogP contribution is -2.68. The normalized spacial score (nSPS) is 31.9. The predicted molar refractivity (Wildman–Crippen MR) is 68.2 cm³/mol. The number of rotatable bonds is 4. The molecule has 0 saturated heterocycles. The van der Waals surface area contributed by atoms with E-state index in [0.29, 0.717) is 18.4 Å². The third-order valence-electron chi connectivity index (χ3n) is 4.17. The zero-order valence-corrected chi connectivity index (χ0v) is 10.4. The maximum absolute atomic E-state index is 11.6. The van der Waals surface area contributed by atoms with E-state index in [9.17, 15) is 4.79 Å². The molecule has 1 aromatic carbocycles. The monoisotopic (exact) mass is 232 g/mol. The zero-order valence-electron chi connectivity index (χ0n) is 10.4. The third kappa shape index (κ3) is 2.07. The molecule has 3 N–H and O–H groups in total. The van der Waals surface area contributed by atoms with Gasteiger partial charge in [0.25, 0.3) is 0 Å². The van der Waals surface area contributed by atoms with Crippen LogP contribution in [0.15, 0.2) is 30.3 Å². The summed E-state index contributed by atoms with van der Waals surface area (Å²) >= 11 is 0. The first-order chi connectivity index (χ1) is 8.06. The van der Waals surface area contributed by atoms with Gasteiger partial charge >= 0.3 is 0 Å². The van der Waals surface area contributed by atoms with Gasteiger partial charge in [-0.2, -0.15) is 0 Å². The molecule has 0 spiro atoms. The number of carbonyl (C=O) groups excluding carboxylic acids is 1. The molecule has 17 heavy (non-hydrogen) atoms. The van der Waals surface area contributed by atoms with E-state index in [1.54, 1.807) is 0 Å². The van der Waals surface area contributed by atoms with Crippen molar-refractivity contribution in [2.45, 2.75) is 32.4 Å². The van der Waals surface area contributed by atoms with Gasteiger partial charge in [0.05, 0.1) is 0 Å². The summed E-state index contributed by atoms with van der Waals surface area (Å²) in [7, 11) is 0. The minimum atomic E-state index is -0.505. The fourth-order valence-electron chi connectivity index (χ4n) is 2.70. The van der Waals surface area contributed by atoms with Crippen molar-refractivity contribution in [2.24, 2.45) is 17.6 Å². The molecule has 1 saturated carbocycles. The highest BCUT2D eigenvalue weighted by Crippen LogP contribution is 2.43. The Bertz CT molecular complexity index is 404. The van der Waals surface area contributed by atoms with Crippen LogP contribution >= 0.6 is 0 Å². The SMILES string of the molecule is CC1CC(NCc2ccccc2)(C(N)=O)C1C. The Morgan fingerprint density at radius 1 is 1.41 bits per heavy atom. The predicted octanol–water partition coefficient (Wildman–Crippen LogP) is 1.68. The molecule has 3 atom stereocenters. The van der Waals surface area contributed by atoms with Gasteiger partial charge in [0.2, 0.25) is 5.91 Å². The summed E-state index contributed by atoms with van der Waals surface area (Å²) in [5, 5.41) is 3.35. The minimum Gasteiger partial charge on any atom is -0.368 e. The molecular weight excluding hydrogens is 212 g/mol. The Balaban J connectivity index is 2.04. The number of nitrogens with one attached hydrogen (secondary N) is 1. The largest absolute Gasteiger partial charge is 0.368 e. The summed E-state index contributed by atoms with van der Waals surface area (Å²) in [5.74, 6) is 0.647. The summed E-state index contributed by atoms with van der Waals surface area (Å²) in [6, 6.07) is 10.1. The highest BCUT2D eigenvalue weighted by molar-refractivity contribution is 5.86.